The Labute approximate surface area is 176 Å². The van der Waals surface area contributed by atoms with Crippen LogP contribution in [0.25, 0.3) is 0 Å². The lowest BCUT2D eigenvalue weighted by Crippen LogP contribution is -2.48. The van der Waals surface area contributed by atoms with Crippen LogP contribution in [0.2, 0.25) is 0 Å². The lowest BCUT2D eigenvalue weighted by atomic mass is 10.2. The first-order valence-corrected chi connectivity index (χ1v) is 11.2. The minimum Gasteiger partial charge on any atom is -0.497 e. The molecule has 0 saturated carbocycles. The van der Waals surface area contributed by atoms with Crippen molar-refractivity contribution in [3.63, 3.8) is 0 Å². The zero-order valence-corrected chi connectivity index (χ0v) is 18.0. The molecule has 8 heteroatoms. The molecule has 1 amide bonds. The number of ether oxygens (including phenoxy) is 1. The topological polar surface area (TPSA) is 52.2 Å². The van der Waals surface area contributed by atoms with Crippen molar-refractivity contribution in [3.8, 4) is 5.75 Å². The molecular weight excluding hydrogens is 386 g/mol. The second-order valence-corrected chi connectivity index (χ2v) is 8.25. The fourth-order valence-electron chi connectivity index (χ4n) is 3.90. The number of amides is 1. The Kier molecular flexibility index (Phi) is 6.20. The third-order valence-corrected chi connectivity index (χ3v) is 6.69. The second-order valence-electron chi connectivity index (χ2n) is 7.42. The highest BCUT2D eigenvalue weighted by atomic mass is 32.1. The Hall–Kier alpha value is -2.32. The summed E-state index contributed by atoms with van der Waals surface area (Å²) in [5.74, 6) is 0.950. The molecule has 29 heavy (non-hydrogen) atoms. The number of rotatable bonds is 5. The van der Waals surface area contributed by atoms with Gasteiger partial charge in [-0.25, -0.2) is 4.98 Å². The van der Waals surface area contributed by atoms with Gasteiger partial charge in [-0.05, 0) is 18.7 Å². The van der Waals surface area contributed by atoms with Crippen LogP contribution in [-0.2, 0) is 0 Å². The molecule has 4 rings (SSSR count). The maximum Gasteiger partial charge on any atom is 0.273 e. The van der Waals surface area contributed by atoms with E-state index in [0.717, 1.165) is 69.8 Å². The van der Waals surface area contributed by atoms with Crippen LogP contribution in [0.4, 0.5) is 10.8 Å². The number of carbonyl (C=O) groups excluding carboxylic acids is 1. The molecule has 1 aromatic carbocycles. The van der Waals surface area contributed by atoms with Crippen molar-refractivity contribution in [3.05, 3.63) is 35.3 Å². The van der Waals surface area contributed by atoms with Crippen LogP contribution in [-0.4, -0.2) is 86.7 Å². The molecule has 2 aliphatic heterocycles. The summed E-state index contributed by atoms with van der Waals surface area (Å²) in [5.41, 5.74) is 1.77. The number of hydrogen-bond donors (Lipinski definition) is 0. The molecule has 2 aromatic rings. The van der Waals surface area contributed by atoms with E-state index in [0.29, 0.717) is 5.69 Å². The number of methoxy groups -OCH3 is 1. The first kappa shape index (κ1) is 20.0. The molecule has 0 spiro atoms. The highest BCUT2D eigenvalue weighted by Gasteiger charge is 2.25. The number of anilines is 2. The van der Waals surface area contributed by atoms with Gasteiger partial charge in [-0.2, -0.15) is 0 Å². The van der Waals surface area contributed by atoms with Crippen molar-refractivity contribution < 1.29 is 9.53 Å². The molecule has 0 aliphatic carbocycles. The Morgan fingerprint density at radius 1 is 1.07 bits per heavy atom. The smallest absolute Gasteiger partial charge is 0.273 e. The highest BCUT2D eigenvalue weighted by Crippen LogP contribution is 2.26. The van der Waals surface area contributed by atoms with E-state index in [-0.39, 0.29) is 5.91 Å². The summed E-state index contributed by atoms with van der Waals surface area (Å²) in [6.07, 6.45) is 0. The zero-order valence-electron chi connectivity index (χ0n) is 17.2. The third kappa shape index (κ3) is 4.48. The van der Waals surface area contributed by atoms with Gasteiger partial charge in [-0.3, -0.25) is 4.79 Å². The van der Waals surface area contributed by atoms with E-state index in [2.05, 4.69) is 38.7 Å². The average molecular weight is 416 g/mol. The van der Waals surface area contributed by atoms with E-state index in [4.69, 9.17) is 4.74 Å². The number of thiazole rings is 1. The van der Waals surface area contributed by atoms with Crippen molar-refractivity contribution in [1.29, 1.82) is 0 Å². The molecule has 2 saturated heterocycles. The quantitative estimate of drug-likeness (QED) is 0.747. The van der Waals surface area contributed by atoms with Gasteiger partial charge in [0.25, 0.3) is 5.91 Å². The second kappa shape index (κ2) is 9.00. The van der Waals surface area contributed by atoms with Crippen molar-refractivity contribution >= 4 is 28.1 Å². The van der Waals surface area contributed by atoms with E-state index >= 15 is 0 Å². The maximum atomic E-state index is 12.8. The summed E-state index contributed by atoms with van der Waals surface area (Å²) in [4.78, 5) is 26.4. The summed E-state index contributed by atoms with van der Waals surface area (Å²) >= 11 is 1.57. The van der Waals surface area contributed by atoms with Gasteiger partial charge in [0.05, 0.1) is 7.11 Å². The van der Waals surface area contributed by atoms with Crippen LogP contribution in [0.15, 0.2) is 29.6 Å². The van der Waals surface area contributed by atoms with Crippen molar-refractivity contribution in [2.24, 2.45) is 0 Å². The van der Waals surface area contributed by atoms with E-state index in [9.17, 15) is 4.79 Å². The van der Waals surface area contributed by atoms with Crippen LogP contribution >= 0.6 is 11.3 Å². The Morgan fingerprint density at radius 3 is 2.48 bits per heavy atom. The molecule has 1 aromatic heterocycles. The highest BCUT2D eigenvalue weighted by molar-refractivity contribution is 7.13. The minimum atomic E-state index is 0.0678. The predicted octanol–water partition coefficient (Wildman–Crippen LogP) is 2.26. The Morgan fingerprint density at radius 2 is 1.79 bits per heavy atom. The van der Waals surface area contributed by atoms with Crippen LogP contribution in [0, 0.1) is 0 Å². The molecule has 0 atom stereocenters. The molecule has 3 heterocycles. The number of aromatic nitrogens is 1. The summed E-state index contributed by atoms with van der Waals surface area (Å²) in [7, 11) is 1.70. The minimum absolute atomic E-state index is 0.0678. The van der Waals surface area contributed by atoms with Crippen molar-refractivity contribution in [1.82, 2.24) is 14.8 Å². The summed E-state index contributed by atoms with van der Waals surface area (Å²) in [6.45, 7) is 10.3. The van der Waals surface area contributed by atoms with E-state index in [1.165, 1.54) is 5.69 Å². The number of nitrogens with zero attached hydrogens (tertiary/aromatic N) is 5. The monoisotopic (exact) mass is 415 g/mol. The normalized spacial score (nSPS) is 18.2. The number of likely N-dealkylation sites (N-methyl/N-ethyl adjacent to an activating group) is 1. The van der Waals surface area contributed by atoms with Gasteiger partial charge >= 0.3 is 0 Å². The van der Waals surface area contributed by atoms with E-state index < -0.39 is 0 Å². The number of piperazine rings is 2. The molecule has 0 unspecified atom stereocenters. The first-order valence-electron chi connectivity index (χ1n) is 10.3. The van der Waals surface area contributed by atoms with E-state index in [1.807, 2.05) is 22.4 Å². The lowest BCUT2D eigenvalue weighted by molar-refractivity contribution is 0.0638. The van der Waals surface area contributed by atoms with Gasteiger partial charge in [-0.1, -0.05) is 13.0 Å². The van der Waals surface area contributed by atoms with Crippen LogP contribution in [0.3, 0.4) is 0 Å². The van der Waals surface area contributed by atoms with Crippen molar-refractivity contribution in [2.75, 3.05) is 75.8 Å². The number of carbonyl (C=O) groups is 1. The molecule has 7 nitrogen and oxygen atoms in total. The lowest BCUT2D eigenvalue weighted by Gasteiger charge is -2.36. The Balaban J connectivity index is 1.34. The van der Waals surface area contributed by atoms with Gasteiger partial charge in [0.1, 0.15) is 11.4 Å². The van der Waals surface area contributed by atoms with Gasteiger partial charge in [-0.15, -0.1) is 11.3 Å². The SMILES string of the molecule is CCN1CCN(C(=O)c2csc(N3CCN(c4cccc(OC)c4)CC3)n2)CC1. The predicted molar refractivity (Wildman–Crippen MR) is 118 cm³/mol. The van der Waals surface area contributed by atoms with Gasteiger partial charge < -0.3 is 24.3 Å². The standard InChI is InChI=1S/C21H29N5O2S/c1-3-23-7-9-25(10-8-23)20(27)19-16-29-21(22-19)26-13-11-24(12-14-26)17-5-4-6-18(15-17)28-2/h4-6,15-16H,3,7-14H2,1-2H3. The van der Waals surface area contributed by atoms with Crippen LogP contribution in [0.1, 0.15) is 17.4 Å². The third-order valence-electron chi connectivity index (χ3n) is 5.79. The molecule has 2 aliphatic rings. The van der Waals surface area contributed by atoms with Gasteiger partial charge in [0.15, 0.2) is 5.13 Å². The summed E-state index contributed by atoms with van der Waals surface area (Å²) in [5, 5.41) is 2.86. The fraction of sp³-hybridized carbons (Fsp3) is 0.524. The first-order chi connectivity index (χ1) is 14.2. The van der Waals surface area contributed by atoms with Crippen LogP contribution in [0.5, 0.6) is 5.75 Å². The number of hydrogen-bond acceptors (Lipinski definition) is 7. The molecule has 0 N–H and O–H groups in total. The largest absolute Gasteiger partial charge is 0.497 e. The zero-order chi connectivity index (χ0) is 20.2. The molecule has 0 radical (unpaired) electrons. The van der Waals surface area contributed by atoms with Gasteiger partial charge in [0, 0.05) is 69.5 Å². The molecule has 156 valence electrons. The van der Waals surface area contributed by atoms with Gasteiger partial charge in [0.2, 0.25) is 0 Å². The average Bonchev–Trinajstić information content (AvgIpc) is 3.29. The number of benzene rings is 1. The summed E-state index contributed by atoms with van der Waals surface area (Å²) < 4.78 is 5.34. The maximum absolute atomic E-state index is 12.8. The van der Waals surface area contributed by atoms with Crippen molar-refractivity contribution in [2.45, 2.75) is 6.92 Å². The Bertz CT molecular complexity index is 826. The summed E-state index contributed by atoms with van der Waals surface area (Å²) in [6, 6.07) is 8.19. The fourth-order valence-corrected chi connectivity index (χ4v) is 4.75. The molecule has 2 fully saturated rings. The van der Waals surface area contributed by atoms with E-state index in [1.54, 1.807) is 18.4 Å². The molecular formula is C21H29N5O2S. The van der Waals surface area contributed by atoms with Crippen LogP contribution < -0.4 is 14.5 Å². The molecule has 0 bridgehead atoms.